The van der Waals surface area contributed by atoms with Gasteiger partial charge in [0, 0.05) is 18.5 Å². The number of halogens is 3. The molecule has 6 heteroatoms. The molecule has 1 aromatic heterocycles. The average molecular weight is 370 g/mol. The van der Waals surface area contributed by atoms with Crippen LogP contribution in [0.25, 0.3) is 0 Å². The van der Waals surface area contributed by atoms with Crippen molar-refractivity contribution in [3.05, 3.63) is 88.8 Å². The highest BCUT2D eigenvalue weighted by Crippen LogP contribution is 2.41. The van der Waals surface area contributed by atoms with Crippen LogP contribution in [-0.4, -0.2) is 9.97 Å². The van der Waals surface area contributed by atoms with Gasteiger partial charge in [0.1, 0.15) is 12.9 Å². The minimum Gasteiger partial charge on any atom is -0.486 e. The maximum Gasteiger partial charge on any atom is 0.203 e. The highest BCUT2D eigenvalue weighted by atomic mass is 19.2. The van der Waals surface area contributed by atoms with Gasteiger partial charge >= 0.3 is 0 Å². The molecule has 0 amide bonds. The predicted molar refractivity (Wildman–Crippen MR) is 93.9 cm³/mol. The lowest BCUT2D eigenvalue weighted by Crippen LogP contribution is -2.06. The second-order valence-corrected chi connectivity index (χ2v) is 6.63. The Bertz CT molecular complexity index is 959. The van der Waals surface area contributed by atoms with Crippen LogP contribution in [0, 0.1) is 17.5 Å². The maximum atomic E-state index is 14.3. The number of rotatable bonds is 6. The van der Waals surface area contributed by atoms with E-state index in [4.69, 9.17) is 4.74 Å². The zero-order valence-electron chi connectivity index (χ0n) is 14.5. The van der Waals surface area contributed by atoms with E-state index in [9.17, 15) is 13.2 Å². The minimum absolute atomic E-state index is 0.0219. The molecule has 0 radical (unpaired) electrons. The molecule has 1 fully saturated rings. The van der Waals surface area contributed by atoms with Crippen LogP contribution >= 0.6 is 0 Å². The smallest absolute Gasteiger partial charge is 0.203 e. The van der Waals surface area contributed by atoms with Gasteiger partial charge in [0.2, 0.25) is 5.82 Å². The molecule has 0 N–H and O–H groups in total. The molecule has 138 valence electrons. The number of benzene rings is 2. The summed E-state index contributed by atoms with van der Waals surface area (Å²) >= 11 is 0. The topological polar surface area (TPSA) is 35.0 Å². The first-order valence-electron chi connectivity index (χ1n) is 8.75. The van der Waals surface area contributed by atoms with E-state index < -0.39 is 17.5 Å². The Hall–Kier alpha value is -2.89. The number of hydrogen-bond acceptors (Lipinski definition) is 3. The molecule has 0 unspecified atom stereocenters. The SMILES string of the molecule is Fc1c(Cc2cncnc2C2CC2)cc(OCc2ccccc2)c(F)c1F. The summed E-state index contributed by atoms with van der Waals surface area (Å²) in [6, 6.07) is 10.3. The van der Waals surface area contributed by atoms with Crippen LogP contribution in [0.5, 0.6) is 5.75 Å². The third-order valence-corrected chi connectivity index (χ3v) is 4.59. The van der Waals surface area contributed by atoms with Gasteiger partial charge in [-0.3, -0.25) is 0 Å². The summed E-state index contributed by atoms with van der Waals surface area (Å²) in [4.78, 5) is 8.26. The van der Waals surface area contributed by atoms with E-state index in [1.165, 1.54) is 12.4 Å². The van der Waals surface area contributed by atoms with Crippen LogP contribution in [0.1, 0.15) is 41.1 Å². The van der Waals surface area contributed by atoms with Crippen molar-refractivity contribution in [3.63, 3.8) is 0 Å². The summed E-state index contributed by atoms with van der Waals surface area (Å²) in [5.41, 5.74) is 2.39. The fraction of sp³-hybridized carbons (Fsp3) is 0.238. The Kier molecular flexibility index (Phi) is 4.79. The Morgan fingerprint density at radius 3 is 2.48 bits per heavy atom. The van der Waals surface area contributed by atoms with Crippen molar-refractivity contribution < 1.29 is 17.9 Å². The van der Waals surface area contributed by atoms with Crippen molar-refractivity contribution >= 4 is 0 Å². The number of ether oxygens (including phenoxy) is 1. The Morgan fingerprint density at radius 1 is 0.963 bits per heavy atom. The molecule has 2 aromatic carbocycles. The minimum atomic E-state index is -1.53. The molecule has 0 spiro atoms. The van der Waals surface area contributed by atoms with Crippen LogP contribution in [0.4, 0.5) is 13.2 Å². The largest absolute Gasteiger partial charge is 0.486 e. The molecule has 1 aliphatic carbocycles. The molecule has 0 aliphatic heterocycles. The number of hydrogen-bond donors (Lipinski definition) is 0. The molecule has 27 heavy (non-hydrogen) atoms. The van der Waals surface area contributed by atoms with Crippen LogP contribution in [0.2, 0.25) is 0 Å². The van der Waals surface area contributed by atoms with Crippen LogP contribution in [0.3, 0.4) is 0 Å². The predicted octanol–water partition coefficient (Wildman–Crippen LogP) is 4.94. The van der Waals surface area contributed by atoms with Gasteiger partial charge in [-0.05, 0) is 35.6 Å². The van der Waals surface area contributed by atoms with E-state index in [0.29, 0.717) is 5.92 Å². The number of nitrogens with zero attached hydrogens (tertiary/aromatic N) is 2. The fourth-order valence-electron chi connectivity index (χ4n) is 3.03. The quantitative estimate of drug-likeness (QED) is 0.577. The summed E-state index contributed by atoms with van der Waals surface area (Å²) in [6.07, 6.45) is 5.18. The van der Waals surface area contributed by atoms with Crippen LogP contribution in [0.15, 0.2) is 48.9 Å². The molecule has 4 rings (SSSR count). The van der Waals surface area contributed by atoms with Crippen molar-refractivity contribution in [2.45, 2.75) is 31.8 Å². The molecule has 1 aliphatic rings. The lowest BCUT2D eigenvalue weighted by Gasteiger charge is -2.13. The second kappa shape index (κ2) is 7.39. The molecule has 1 saturated carbocycles. The average Bonchev–Trinajstić information content (AvgIpc) is 3.54. The Morgan fingerprint density at radius 2 is 1.74 bits per heavy atom. The third-order valence-electron chi connectivity index (χ3n) is 4.59. The molecule has 1 heterocycles. The van der Waals surface area contributed by atoms with Crippen molar-refractivity contribution in [1.82, 2.24) is 9.97 Å². The molecule has 0 bridgehead atoms. The van der Waals surface area contributed by atoms with Crippen molar-refractivity contribution in [2.24, 2.45) is 0 Å². The van der Waals surface area contributed by atoms with Crippen molar-refractivity contribution in [2.75, 3.05) is 0 Å². The lowest BCUT2D eigenvalue weighted by atomic mass is 10.0. The fourth-order valence-corrected chi connectivity index (χ4v) is 3.03. The summed E-state index contributed by atoms with van der Waals surface area (Å²) in [5, 5.41) is 0. The molecule has 0 atom stereocenters. The zero-order chi connectivity index (χ0) is 18.8. The van der Waals surface area contributed by atoms with Gasteiger partial charge in [0.15, 0.2) is 17.4 Å². The second-order valence-electron chi connectivity index (χ2n) is 6.63. The summed E-state index contributed by atoms with van der Waals surface area (Å²) in [5.74, 6) is -4.02. The highest BCUT2D eigenvalue weighted by Gasteiger charge is 2.28. The maximum absolute atomic E-state index is 14.3. The standard InChI is InChI=1S/C21H17F3N2O/c22-18-15(8-16-10-25-12-26-21(16)14-6-7-14)9-17(19(23)20(18)24)27-11-13-4-2-1-3-5-13/h1-5,9-10,12,14H,6-8,11H2. The zero-order valence-corrected chi connectivity index (χ0v) is 14.5. The first-order chi connectivity index (χ1) is 13.1. The van der Waals surface area contributed by atoms with E-state index in [0.717, 1.165) is 29.7 Å². The lowest BCUT2D eigenvalue weighted by molar-refractivity contribution is 0.280. The van der Waals surface area contributed by atoms with Crippen molar-refractivity contribution in [1.29, 1.82) is 0 Å². The molecular formula is C21H17F3N2O. The summed E-state index contributed by atoms with van der Waals surface area (Å²) in [6.45, 7) is 0.0596. The van der Waals surface area contributed by atoms with Crippen LogP contribution < -0.4 is 4.74 Å². The van der Waals surface area contributed by atoms with Gasteiger partial charge in [0.25, 0.3) is 0 Å². The van der Waals surface area contributed by atoms with E-state index in [2.05, 4.69) is 9.97 Å². The Labute approximate surface area is 154 Å². The van der Waals surface area contributed by atoms with E-state index in [1.54, 1.807) is 6.20 Å². The van der Waals surface area contributed by atoms with Gasteiger partial charge < -0.3 is 4.74 Å². The first kappa shape index (κ1) is 17.5. The summed E-state index contributed by atoms with van der Waals surface area (Å²) < 4.78 is 48.0. The highest BCUT2D eigenvalue weighted by molar-refractivity contribution is 5.38. The molecule has 3 aromatic rings. The van der Waals surface area contributed by atoms with E-state index in [1.807, 2.05) is 30.3 Å². The van der Waals surface area contributed by atoms with Gasteiger partial charge in [-0.2, -0.15) is 4.39 Å². The molecule has 3 nitrogen and oxygen atoms in total. The Balaban J connectivity index is 1.62. The van der Waals surface area contributed by atoms with Crippen LogP contribution in [-0.2, 0) is 13.0 Å². The summed E-state index contributed by atoms with van der Waals surface area (Å²) in [7, 11) is 0. The van der Waals surface area contributed by atoms with Gasteiger partial charge in [0.05, 0.1) is 5.69 Å². The normalized spacial score (nSPS) is 13.6. The van der Waals surface area contributed by atoms with E-state index >= 15 is 0 Å². The molecule has 0 saturated heterocycles. The van der Waals surface area contributed by atoms with Gasteiger partial charge in [-0.25, -0.2) is 18.7 Å². The van der Waals surface area contributed by atoms with Crippen molar-refractivity contribution in [3.8, 4) is 5.75 Å². The first-order valence-corrected chi connectivity index (χ1v) is 8.75. The number of aromatic nitrogens is 2. The van der Waals surface area contributed by atoms with E-state index in [-0.39, 0.29) is 24.3 Å². The third kappa shape index (κ3) is 3.79. The monoisotopic (exact) mass is 370 g/mol. The van der Waals surface area contributed by atoms with Gasteiger partial charge in [-0.15, -0.1) is 0 Å². The molecular weight excluding hydrogens is 353 g/mol. The van der Waals surface area contributed by atoms with Gasteiger partial charge in [-0.1, -0.05) is 30.3 Å².